The van der Waals surface area contributed by atoms with Gasteiger partial charge in [0.15, 0.2) is 0 Å². The molecule has 1 atom stereocenters. The fourth-order valence-corrected chi connectivity index (χ4v) is 2.36. The first-order chi connectivity index (χ1) is 8.16. The molecule has 0 bridgehead atoms. The van der Waals surface area contributed by atoms with Crippen molar-refractivity contribution in [2.75, 3.05) is 5.75 Å². The first-order valence-electron chi connectivity index (χ1n) is 5.48. The van der Waals surface area contributed by atoms with Crippen LogP contribution in [0.25, 0.3) is 10.9 Å². The molecular weight excluding hydrogens is 234 g/mol. The zero-order valence-corrected chi connectivity index (χ0v) is 10.5. The minimum Gasteiger partial charge on any atom is -0.327 e. The molecule has 0 aliphatic heterocycles. The predicted molar refractivity (Wildman–Crippen MR) is 72.2 cm³/mol. The minimum absolute atomic E-state index is 0.0769. The Labute approximate surface area is 104 Å². The van der Waals surface area contributed by atoms with Gasteiger partial charge >= 0.3 is 0 Å². The van der Waals surface area contributed by atoms with E-state index in [4.69, 9.17) is 5.73 Å². The van der Waals surface area contributed by atoms with Gasteiger partial charge in [-0.1, -0.05) is 12.1 Å². The molecule has 90 valence electrons. The number of nitrogens with two attached hydrogens (primary N) is 1. The number of nitrogens with zero attached hydrogens (tertiary/aromatic N) is 1. The Kier molecular flexibility index (Phi) is 3.81. The maximum Gasteiger partial charge on any atom is 0.258 e. The molecule has 0 aliphatic carbocycles. The highest BCUT2D eigenvalue weighted by molar-refractivity contribution is 7.98. The summed E-state index contributed by atoms with van der Waals surface area (Å²) in [5.74, 6) is 2.25. The fraction of sp³-hybridized carbons (Fsp3) is 0.333. The van der Waals surface area contributed by atoms with Gasteiger partial charge in [0.1, 0.15) is 5.82 Å². The van der Waals surface area contributed by atoms with Crippen molar-refractivity contribution < 1.29 is 0 Å². The van der Waals surface area contributed by atoms with Crippen LogP contribution in [0.3, 0.4) is 0 Å². The largest absolute Gasteiger partial charge is 0.327 e. The van der Waals surface area contributed by atoms with E-state index < -0.39 is 0 Å². The minimum atomic E-state index is -0.0769. The third kappa shape index (κ3) is 3.08. The summed E-state index contributed by atoms with van der Waals surface area (Å²) in [6, 6.07) is 7.51. The Morgan fingerprint density at radius 3 is 3.00 bits per heavy atom. The summed E-state index contributed by atoms with van der Waals surface area (Å²) >= 11 is 1.67. The Balaban J connectivity index is 2.22. The van der Waals surface area contributed by atoms with Gasteiger partial charge in [-0.15, -0.1) is 0 Å². The van der Waals surface area contributed by atoms with Crippen LogP contribution < -0.4 is 11.3 Å². The zero-order valence-electron chi connectivity index (χ0n) is 9.64. The summed E-state index contributed by atoms with van der Waals surface area (Å²) in [6.45, 7) is 1.96. The number of rotatable bonds is 4. The van der Waals surface area contributed by atoms with Crippen molar-refractivity contribution in [3.63, 3.8) is 0 Å². The molecule has 1 unspecified atom stereocenters. The van der Waals surface area contributed by atoms with Gasteiger partial charge < -0.3 is 10.7 Å². The molecule has 0 saturated heterocycles. The van der Waals surface area contributed by atoms with Crippen molar-refractivity contribution in [1.82, 2.24) is 9.97 Å². The van der Waals surface area contributed by atoms with Gasteiger partial charge in [-0.05, 0) is 19.1 Å². The topological polar surface area (TPSA) is 71.8 Å². The smallest absolute Gasteiger partial charge is 0.258 e. The fourth-order valence-electron chi connectivity index (χ4n) is 1.54. The third-order valence-corrected chi connectivity index (χ3v) is 3.52. The number of thioether (sulfide) groups is 1. The second kappa shape index (κ2) is 5.33. The van der Waals surface area contributed by atoms with Crippen LogP contribution in [0.5, 0.6) is 0 Å². The molecule has 0 fully saturated rings. The van der Waals surface area contributed by atoms with Crippen molar-refractivity contribution >= 4 is 22.7 Å². The van der Waals surface area contributed by atoms with Crippen LogP contribution in [0.4, 0.5) is 0 Å². The highest BCUT2D eigenvalue weighted by Crippen LogP contribution is 2.11. The summed E-state index contributed by atoms with van der Waals surface area (Å²) in [5, 5.41) is 0.633. The molecule has 1 heterocycles. The van der Waals surface area contributed by atoms with E-state index >= 15 is 0 Å². The van der Waals surface area contributed by atoms with Gasteiger partial charge in [0.2, 0.25) is 0 Å². The van der Waals surface area contributed by atoms with Crippen LogP contribution in [0.15, 0.2) is 29.1 Å². The number of hydrogen-bond donors (Lipinski definition) is 2. The monoisotopic (exact) mass is 249 g/mol. The molecule has 0 aliphatic rings. The van der Waals surface area contributed by atoms with E-state index in [1.807, 2.05) is 25.1 Å². The van der Waals surface area contributed by atoms with E-state index in [1.54, 1.807) is 17.8 Å². The molecular formula is C12H15N3OS. The lowest BCUT2D eigenvalue weighted by Gasteiger charge is -2.05. The molecule has 17 heavy (non-hydrogen) atoms. The molecule has 5 heteroatoms. The number of fused-ring (bicyclic) bond motifs is 1. The molecule has 4 nitrogen and oxygen atoms in total. The maximum absolute atomic E-state index is 11.8. The molecule has 0 saturated carbocycles. The maximum atomic E-state index is 11.8. The lowest BCUT2D eigenvalue weighted by molar-refractivity contribution is 0.846. The van der Waals surface area contributed by atoms with E-state index in [1.165, 1.54) is 0 Å². The quantitative estimate of drug-likeness (QED) is 0.861. The summed E-state index contributed by atoms with van der Waals surface area (Å²) in [6.07, 6.45) is 0. The second-order valence-corrected chi connectivity index (χ2v) is 5.05. The van der Waals surface area contributed by atoms with E-state index in [0.29, 0.717) is 17.0 Å². The Hall–Kier alpha value is -1.33. The van der Waals surface area contributed by atoms with Crippen molar-refractivity contribution in [3.8, 4) is 0 Å². The number of para-hydroxylation sites is 1. The third-order valence-electron chi connectivity index (χ3n) is 2.28. The van der Waals surface area contributed by atoms with Crippen LogP contribution >= 0.6 is 11.8 Å². The second-order valence-electron chi connectivity index (χ2n) is 4.02. The number of hydrogen-bond acceptors (Lipinski definition) is 4. The van der Waals surface area contributed by atoms with Gasteiger partial charge in [-0.2, -0.15) is 11.8 Å². The molecule has 1 aromatic carbocycles. The van der Waals surface area contributed by atoms with Gasteiger partial charge in [0.25, 0.3) is 5.56 Å². The normalized spacial score (nSPS) is 12.8. The lowest BCUT2D eigenvalue weighted by Crippen LogP contribution is -2.18. The van der Waals surface area contributed by atoms with E-state index in [2.05, 4.69) is 9.97 Å². The average Bonchev–Trinajstić information content (AvgIpc) is 2.28. The number of aromatic nitrogens is 2. The number of H-pyrrole nitrogens is 1. The van der Waals surface area contributed by atoms with E-state index in [-0.39, 0.29) is 11.6 Å². The average molecular weight is 249 g/mol. The van der Waals surface area contributed by atoms with Crippen molar-refractivity contribution in [3.05, 3.63) is 40.4 Å². The first kappa shape index (κ1) is 12.1. The summed E-state index contributed by atoms with van der Waals surface area (Å²) in [5.41, 5.74) is 6.33. The van der Waals surface area contributed by atoms with Crippen molar-refractivity contribution in [2.45, 2.75) is 18.7 Å². The van der Waals surface area contributed by atoms with Crippen LogP contribution in [0.1, 0.15) is 12.7 Å². The zero-order chi connectivity index (χ0) is 12.3. The van der Waals surface area contributed by atoms with Crippen LogP contribution in [-0.4, -0.2) is 21.8 Å². The highest BCUT2D eigenvalue weighted by Gasteiger charge is 2.03. The number of aromatic amines is 1. The lowest BCUT2D eigenvalue weighted by atomic mass is 10.2. The summed E-state index contributed by atoms with van der Waals surface area (Å²) < 4.78 is 0. The van der Waals surface area contributed by atoms with Gasteiger partial charge in [0, 0.05) is 11.8 Å². The number of nitrogens with one attached hydrogen (secondary N) is 1. The van der Waals surface area contributed by atoms with Gasteiger partial charge in [0.05, 0.1) is 16.7 Å². The van der Waals surface area contributed by atoms with Gasteiger partial charge in [-0.3, -0.25) is 4.79 Å². The molecule has 3 N–H and O–H groups in total. The van der Waals surface area contributed by atoms with Gasteiger partial charge in [-0.25, -0.2) is 4.98 Å². The standard InChI is InChI=1S/C12H15N3OS/c1-8(13)6-17-7-11-14-10-5-3-2-4-9(10)12(16)15-11/h2-5,8H,6-7,13H2,1H3,(H,14,15,16). The molecule has 0 radical (unpaired) electrons. The van der Waals surface area contributed by atoms with Crippen LogP contribution in [0.2, 0.25) is 0 Å². The molecule has 1 aromatic heterocycles. The summed E-state index contributed by atoms with van der Waals surface area (Å²) in [7, 11) is 0. The SMILES string of the molecule is CC(N)CSCc1nc2ccccc2c(=O)[nH]1. The molecule has 2 aromatic rings. The Morgan fingerprint density at radius 1 is 1.47 bits per heavy atom. The predicted octanol–water partition coefficient (Wildman–Crippen LogP) is 1.50. The Bertz CT molecular complexity index is 565. The Morgan fingerprint density at radius 2 is 2.24 bits per heavy atom. The summed E-state index contributed by atoms with van der Waals surface area (Å²) in [4.78, 5) is 19.0. The highest BCUT2D eigenvalue weighted by atomic mass is 32.2. The molecule has 2 rings (SSSR count). The van der Waals surface area contributed by atoms with Crippen molar-refractivity contribution in [2.24, 2.45) is 5.73 Å². The molecule has 0 amide bonds. The van der Waals surface area contributed by atoms with Crippen LogP contribution in [0, 0.1) is 0 Å². The van der Waals surface area contributed by atoms with Crippen LogP contribution in [-0.2, 0) is 5.75 Å². The van der Waals surface area contributed by atoms with E-state index in [9.17, 15) is 4.79 Å². The van der Waals surface area contributed by atoms with Crippen molar-refractivity contribution in [1.29, 1.82) is 0 Å². The number of benzene rings is 1. The van der Waals surface area contributed by atoms with E-state index in [0.717, 1.165) is 11.3 Å². The first-order valence-corrected chi connectivity index (χ1v) is 6.63. The molecule has 0 spiro atoms.